The predicted octanol–water partition coefficient (Wildman–Crippen LogP) is 1.45. The summed E-state index contributed by atoms with van der Waals surface area (Å²) >= 11 is 0. The van der Waals surface area contributed by atoms with E-state index in [4.69, 9.17) is 5.73 Å². The molecule has 0 aliphatic carbocycles. The second-order valence-electron chi connectivity index (χ2n) is 3.28. The number of primary amides is 1. The highest BCUT2D eigenvalue weighted by Gasteiger charge is 2.05. The normalized spacial score (nSPS) is 9.87. The van der Waals surface area contributed by atoms with Crippen molar-refractivity contribution in [2.75, 3.05) is 6.54 Å². The fourth-order valence-electron chi connectivity index (χ4n) is 1.34. The zero-order valence-corrected chi connectivity index (χ0v) is 8.70. The number of hydrogen-bond donors (Lipinski definition) is 2. The molecule has 0 spiro atoms. The summed E-state index contributed by atoms with van der Waals surface area (Å²) in [4.78, 5) is 11.1. The first-order chi connectivity index (χ1) is 7.25. The van der Waals surface area contributed by atoms with Crippen molar-refractivity contribution in [3.05, 3.63) is 48.0 Å². The van der Waals surface area contributed by atoms with Crippen molar-refractivity contribution in [3.8, 4) is 0 Å². The Kier molecular flexibility index (Phi) is 4.57. The second kappa shape index (κ2) is 5.98. The number of nitrogens with one attached hydrogen (secondary N) is 1. The van der Waals surface area contributed by atoms with Crippen LogP contribution < -0.4 is 11.1 Å². The number of amides is 1. The van der Waals surface area contributed by atoms with E-state index in [9.17, 15) is 4.79 Å². The van der Waals surface area contributed by atoms with Crippen LogP contribution >= 0.6 is 0 Å². The summed E-state index contributed by atoms with van der Waals surface area (Å²) in [5, 5.41) is 3.22. The molecule has 1 amide bonds. The van der Waals surface area contributed by atoms with Gasteiger partial charge in [0.2, 0.25) is 5.91 Å². The molecule has 0 saturated carbocycles. The Balaban J connectivity index is 2.59. The van der Waals surface area contributed by atoms with E-state index in [1.807, 2.05) is 24.3 Å². The average Bonchev–Trinajstić information content (AvgIpc) is 2.25. The molecule has 0 atom stereocenters. The van der Waals surface area contributed by atoms with Gasteiger partial charge in [-0.05, 0) is 24.6 Å². The summed E-state index contributed by atoms with van der Waals surface area (Å²) in [5.41, 5.74) is 6.79. The smallest absolute Gasteiger partial charge is 0.249 e. The molecule has 1 rings (SSSR count). The van der Waals surface area contributed by atoms with Crippen LogP contribution in [0.1, 0.15) is 22.3 Å². The third kappa shape index (κ3) is 3.56. The highest BCUT2D eigenvalue weighted by Crippen LogP contribution is 2.07. The van der Waals surface area contributed by atoms with E-state index in [1.54, 1.807) is 6.07 Å². The summed E-state index contributed by atoms with van der Waals surface area (Å²) in [5.74, 6) is -0.379. The van der Waals surface area contributed by atoms with E-state index in [2.05, 4.69) is 11.9 Å². The Hall–Kier alpha value is -1.61. The molecule has 0 heterocycles. The number of hydrogen-bond acceptors (Lipinski definition) is 2. The number of nitrogens with two attached hydrogens (primary N) is 1. The van der Waals surface area contributed by atoms with Gasteiger partial charge in [0.15, 0.2) is 0 Å². The zero-order valence-electron chi connectivity index (χ0n) is 8.70. The summed E-state index contributed by atoms with van der Waals surface area (Å²) in [7, 11) is 0. The third-order valence-corrected chi connectivity index (χ3v) is 2.12. The zero-order chi connectivity index (χ0) is 11.1. The molecule has 0 aliphatic heterocycles. The minimum absolute atomic E-state index is 0.379. The van der Waals surface area contributed by atoms with Gasteiger partial charge in [0.1, 0.15) is 0 Å². The summed E-state index contributed by atoms with van der Waals surface area (Å²) in [6, 6.07) is 7.36. The SMILES string of the molecule is C=CCCNCc1ccccc1C(N)=O. The fraction of sp³-hybridized carbons (Fsp3) is 0.250. The van der Waals surface area contributed by atoms with Crippen molar-refractivity contribution in [3.63, 3.8) is 0 Å². The summed E-state index contributed by atoms with van der Waals surface area (Å²) in [6.45, 7) is 5.15. The molecule has 0 bridgehead atoms. The van der Waals surface area contributed by atoms with Gasteiger partial charge < -0.3 is 11.1 Å². The molecule has 3 heteroatoms. The van der Waals surface area contributed by atoms with Gasteiger partial charge in [0.25, 0.3) is 0 Å². The summed E-state index contributed by atoms with van der Waals surface area (Å²) < 4.78 is 0. The maximum Gasteiger partial charge on any atom is 0.249 e. The number of carbonyl (C=O) groups excluding carboxylic acids is 1. The number of benzene rings is 1. The van der Waals surface area contributed by atoms with Gasteiger partial charge in [-0.3, -0.25) is 4.79 Å². The van der Waals surface area contributed by atoms with Crippen LogP contribution in [0, 0.1) is 0 Å². The Morgan fingerprint density at radius 3 is 2.87 bits per heavy atom. The van der Waals surface area contributed by atoms with Crippen molar-refractivity contribution in [1.29, 1.82) is 0 Å². The first kappa shape index (κ1) is 11.5. The maximum absolute atomic E-state index is 11.1. The van der Waals surface area contributed by atoms with Crippen LogP contribution in [-0.4, -0.2) is 12.5 Å². The van der Waals surface area contributed by atoms with E-state index >= 15 is 0 Å². The van der Waals surface area contributed by atoms with Crippen LogP contribution in [0.5, 0.6) is 0 Å². The van der Waals surface area contributed by atoms with Gasteiger partial charge in [-0.2, -0.15) is 0 Å². The van der Waals surface area contributed by atoms with Crippen LogP contribution in [0.3, 0.4) is 0 Å². The van der Waals surface area contributed by atoms with Crippen LogP contribution in [-0.2, 0) is 6.54 Å². The number of carbonyl (C=O) groups is 1. The molecule has 0 aromatic heterocycles. The monoisotopic (exact) mass is 204 g/mol. The highest BCUT2D eigenvalue weighted by atomic mass is 16.1. The van der Waals surface area contributed by atoms with Gasteiger partial charge in [-0.25, -0.2) is 0 Å². The minimum atomic E-state index is -0.379. The lowest BCUT2D eigenvalue weighted by Crippen LogP contribution is -2.19. The highest BCUT2D eigenvalue weighted by molar-refractivity contribution is 5.94. The van der Waals surface area contributed by atoms with E-state index in [0.717, 1.165) is 18.5 Å². The Bertz CT molecular complexity index is 347. The van der Waals surface area contributed by atoms with Gasteiger partial charge in [0.05, 0.1) is 0 Å². The minimum Gasteiger partial charge on any atom is -0.366 e. The Morgan fingerprint density at radius 1 is 1.47 bits per heavy atom. The van der Waals surface area contributed by atoms with E-state index in [1.165, 1.54) is 0 Å². The van der Waals surface area contributed by atoms with Gasteiger partial charge in [-0.15, -0.1) is 6.58 Å². The first-order valence-corrected chi connectivity index (χ1v) is 4.95. The molecular formula is C12H16N2O. The maximum atomic E-state index is 11.1. The largest absolute Gasteiger partial charge is 0.366 e. The van der Waals surface area contributed by atoms with E-state index < -0.39 is 0 Å². The quantitative estimate of drug-likeness (QED) is 0.544. The van der Waals surface area contributed by atoms with E-state index in [-0.39, 0.29) is 5.91 Å². The molecule has 1 aromatic rings. The summed E-state index contributed by atoms with van der Waals surface area (Å²) in [6.07, 6.45) is 2.77. The van der Waals surface area contributed by atoms with Crippen molar-refractivity contribution >= 4 is 5.91 Å². The van der Waals surface area contributed by atoms with Crippen LogP contribution in [0.15, 0.2) is 36.9 Å². The lowest BCUT2D eigenvalue weighted by atomic mass is 10.1. The second-order valence-corrected chi connectivity index (χ2v) is 3.28. The van der Waals surface area contributed by atoms with Crippen molar-refractivity contribution in [2.24, 2.45) is 5.73 Å². The molecule has 15 heavy (non-hydrogen) atoms. The first-order valence-electron chi connectivity index (χ1n) is 4.95. The standard InChI is InChI=1S/C12H16N2O/c1-2-3-8-14-9-10-6-4-5-7-11(10)12(13)15/h2,4-7,14H,1,3,8-9H2,(H2,13,15). The van der Waals surface area contributed by atoms with Gasteiger partial charge in [-0.1, -0.05) is 24.3 Å². The average molecular weight is 204 g/mol. The van der Waals surface area contributed by atoms with Crippen LogP contribution in [0.2, 0.25) is 0 Å². The lowest BCUT2D eigenvalue weighted by Gasteiger charge is -2.07. The van der Waals surface area contributed by atoms with Crippen molar-refractivity contribution in [1.82, 2.24) is 5.32 Å². The Morgan fingerprint density at radius 2 is 2.20 bits per heavy atom. The molecule has 0 saturated heterocycles. The van der Waals surface area contributed by atoms with Crippen LogP contribution in [0.4, 0.5) is 0 Å². The molecule has 0 unspecified atom stereocenters. The van der Waals surface area contributed by atoms with Crippen molar-refractivity contribution < 1.29 is 4.79 Å². The molecular weight excluding hydrogens is 188 g/mol. The molecule has 80 valence electrons. The van der Waals surface area contributed by atoms with Crippen molar-refractivity contribution in [2.45, 2.75) is 13.0 Å². The molecule has 0 aliphatic rings. The molecule has 0 radical (unpaired) electrons. The third-order valence-electron chi connectivity index (χ3n) is 2.12. The molecule has 0 fully saturated rings. The van der Waals surface area contributed by atoms with Gasteiger partial charge >= 0.3 is 0 Å². The Labute approximate surface area is 90.0 Å². The lowest BCUT2D eigenvalue weighted by molar-refractivity contribution is 0.0999. The molecule has 1 aromatic carbocycles. The molecule has 3 nitrogen and oxygen atoms in total. The number of rotatable bonds is 6. The molecule has 3 N–H and O–H groups in total. The topological polar surface area (TPSA) is 55.1 Å². The van der Waals surface area contributed by atoms with E-state index in [0.29, 0.717) is 12.1 Å². The fourth-order valence-corrected chi connectivity index (χ4v) is 1.34. The van der Waals surface area contributed by atoms with Gasteiger partial charge in [0, 0.05) is 12.1 Å². The predicted molar refractivity (Wildman–Crippen MR) is 61.5 cm³/mol. The van der Waals surface area contributed by atoms with Crippen LogP contribution in [0.25, 0.3) is 0 Å².